The van der Waals surface area contributed by atoms with Gasteiger partial charge in [-0.25, -0.2) is 0 Å². The van der Waals surface area contributed by atoms with E-state index in [9.17, 15) is 24.0 Å². The molecule has 0 saturated carbocycles. The molecule has 2 aliphatic heterocycles. The number of rotatable bonds is 5. The van der Waals surface area contributed by atoms with E-state index in [2.05, 4.69) is 16.6 Å². The summed E-state index contributed by atoms with van der Waals surface area (Å²) in [7, 11) is 0. The standard InChI is InChI=1S/C19H17N3O5/c1-2-3-4-8-14(23)20-12-7-5-6-11-16(12)19(27)22(18(11)26)13-9-10-15(24)21-17(13)25/h1,5-7,13H,3-4,8-10H2,(H,20,23)(H,21,24,25). The molecule has 0 radical (unpaired) electrons. The summed E-state index contributed by atoms with van der Waals surface area (Å²) in [6, 6.07) is 3.50. The molecule has 5 amide bonds. The van der Waals surface area contributed by atoms with Crippen molar-refractivity contribution in [1.82, 2.24) is 10.2 Å². The van der Waals surface area contributed by atoms with Crippen LogP contribution in [0.25, 0.3) is 0 Å². The van der Waals surface area contributed by atoms with Crippen LogP contribution in [0.4, 0.5) is 5.69 Å². The predicted molar refractivity (Wildman–Crippen MR) is 94.4 cm³/mol. The van der Waals surface area contributed by atoms with Gasteiger partial charge in [0, 0.05) is 19.3 Å². The Kier molecular flexibility index (Phi) is 5.03. The van der Waals surface area contributed by atoms with E-state index in [0.29, 0.717) is 12.8 Å². The minimum absolute atomic E-state index is 0.0442. The number of amides is 5. The number of anilines is 1. The minimum atomic E-state index is -1.05. The van der Waals surface area contributed by atoms with Crippen molar-refractivity contribution in [2.75, 3.05) is 5.32 Å². The first-order valence-corrected chi connectivity index (χ1v) is 8.52. The Labute approximate surface area is 155 Å². The number of imide groups is 2. The Balaban J connectivity index is 1.84. The lowest BCUT2D eigenvalue weighted by molar-refractivity contribution is -0.136. The van der Waals surface area contributed by atoms with Crippen molar-refractivity contribution >= 4 is 35.2 Å². The van der Waals surface area contributed by atoms with E-state index in [-0.39, 0.29) is 42.0 Å². The number of fused-ring (bicyclic) bond motifs is 1. The number of hydrogen-bond acceptors (Lipinski definition) is 5. The summed E-state index contributed by atoms with van der Waals surface area (Å²) in [5.41, 5.74) is 0.384. The molecule has 0 aliphatic carbocycles. The Morgan fingerprint density at radius 1 is 1.26 bits per heavy atom. The zero-order chi connectivity index (χ0) is 19.6. The fourth-order valence-electron chi connectivity index (χ4n) is 3.18. The maximum Gasteiger partial charge on any atom is 0.264 e. The first-order chi connectivity index (χ1) is 12.9. The van der Waals surface area contributed by atoms with Gasteiger partial charge in [-0.05, 0) is 25.0 Å². The predicted octanol–water partition coefficient (Wildman–Crippen LogP) is 0.830. The van der Waals surface area contributed by atoms with Gasteiger partial charge in [0.2, 0.25) is 17.7 Å². The third-order valence-corrected chi connectivity index (χ3v) is 4.47. The molecule has 27 heavy (non-hydrogen) atoms. The molecule has 1 atom stereocenters. The van der Waals surface area contributed by atoms with Crippen LogP contribution < -0.4 is 10.6 Å². The molecule has 1 fully saturated rings. The smallest absolute Gasteiger partial charge is 0.264 e. The van der Waals surface area contributed by atoms with Gasteiger partial charge in [0.25, 0.3) is 11.8 Å². The molecule has 0 spiro atoms. The number of unbranched alkanes of at least 4 members (excludes halogenated alkanes) is 1. The molecule has 3 rings (SSSR count). The second kappa shape index (κ2) is 7.41. The molecule has 0 aromatic heterocycles. The van der Waals surface area contributed by atoms with Crippen molar-refractivity contribution < 1.29 is 24.0 Å². The van der Waals surface area contributed by atoms with Crippen LogP contribution in [0.5, 0.6) is 0 Å². The first kappa shape index (κ1) is 18.3. The molecule has 2 aliphatic rings. The van der Waals surface area contributed by atoms with Gasteiger partial charge in [-0.2, -0.15) is 0 Å². The van der Waals surface area contributed by atoms with Crippen molar-refractivity contribution in [3.05, 3.63) is 29.3 Å². The zero-order valence-corrected chi connectivity index (χ0v) is 14.4. The van der Waals surface area contributed by atoms with E-state index >= 15 is 0 Å². The van der Waals surface area contributed by atoms with Crippen molar-refractivity contribution in [2.45, 2.75) is 38.1 Å². The summed E-state index contributed by atoms with van der Waals surface area (Å²) >= 11 is 0. The topological polar surface area (TPSA) is 113 Å². The van der Waals surface area contributed by atoms with Gasteiger partial charge >= 0.3 is 0 Å². The lowest BCUT2D eigenvalue weighted by Crippen LogP contribution is -2.54. The molecule has 1 aromatic rings. The van der Waals surface area contributed by atoms with Crippen LogP contribution in [0.15, 0.2) is 18.2 Å². The Bertz CT molecular complexity index is 899. The van der Waals surface area contributed by atoms with E-state index in [4.69, 9.17) is 6.42 Å². The molecule has 1 aromatic carbocycles. The molecule has 1 unspecified atom stereocenters. The zero-order valence-electron chi connectivity index (χ0n) is 14.4. The number of hydrogen-bond donors (Lipinski definition) is 2. The van der Waals surface area contributed by atoms with E-state index in [1.807, 2.05) is 0 Å². The van der Waals surface area contributed by atoms with Crippen molar-refractivity contribution in [3.63, 3.8) is 0 Å². The van der Waals surface area contributed by atoms with E-state index in [1.165, 1.54) is 12.1 Å². The maximum absolute atomic E-state index is 12.9. The van der Waals surface area contributed by atoms with E-state index in [0.717, 1.165) is 4.90 Å². The normalized spacial score (nSPS) is 18.8. The van der Waals surface area contributed by atoms with Crippen molar-refractivity contribution in [1.29, 1.82) is 0 Å². The number of nitrogens with one attached hydrogen (secondary N) is 2. The lowest BCUT2D eigenvalue weighted by Gasteiger charge is -2.27. The third-order valence-electron chi connectivity index (χ3n) is 4.47. The number of piperidine rings is 1. The van der Waals surface area contributed by atoms with Gasteiger partial charge in [0.1, 0.15) is 6.04 Å². The van der Waals surface area contributed by atoms with Crippen LogP contribution in [0.2, 0.25) is 0 Å². The summed E-state index contributed by atoms with van der Waals surface area (Å²) in [5.74, 6) is -0.275. The Morgan fingerprint density at radius 3 is 2.74 bits per heavy atom. The molecule has 138 valence electrons. The molecule has 8 nitrogen and oxygen atoms in total. The summed E-state index contributed by atoms with van der Waals surface area (Å²) in [6.45, 7) is 0. The Hall–Kier alpha value is -3.47. The summed E-state index contributed by atoms with van der Waals surface area (Å²) < 4.78 is 0. The lowest BCUT2D eigenvalue weighted by atomic mass is 10.0. The van der Waals surface area contributed by atoms with Gasteiger partial charge in [-0.1, -0.05) is 6.07 Å². The fourth-order valence-corrected chi connectivity index (χ4v) is 3.18. The highest BCUT2D eigenvalue weighted by Crippen LogP contribution is 2.32. The van der Waals surface area contributed by atoms with E-state index < -0.39 is 29.7 Å². The van der Waals surface area contributed by atoms with Crippen molar-refractivity contribution in [2.24, 2.45) is 0 Å². The molecular formula is C19H17N3O5. The number of terminal acetylenes is 1. The number of nitrogens with zero attached hydrogens (tertiary/aromatic N) is 1. The second-order valence-corrected chi connectivity index (χ2v) is 6.28. The van der Waals surface area contributed by atoms with Crippen LogP contribution in [0, 0.1) is 12.3 Å². The van der Waals surface area contributed by atoms with Gasteiger partial charge < -0.3 is 5.32 Å². The average Bonchev–Trinajstić information content (AvgIpc) is 2.88. The van der Waals surface area contributed by atoms with Crippen LogP contribution in [0.3, 0.4) is 0 Å². The van der Waals surface area contributed by atoms with E-state index in [1.54, 1.807) is 6.07 Å². The fraction of sp³-hybridized carbons (Fsp3) is 0.316. The number of carbonyl (C=O) groups excluding carboxylic acids is 5. The number of carbonyl (C=O) groups is 5. The summed E-state index contributed by atoms with van der Waals surface area (Å²) in [5, 5.41) is 4.77. The third kappa shape index (κ3) is 3.44. The van der Waals surface area contributed by atoms with Gasteiger partial charge in [0.05, 0.1) is 16.8 Å². The molecule has 2 heterocycles. The van der Waals surface area contributed by atoms with Gasteiger partial charge in [0.15, 0.2) is 0 Å². The largest absolute Gasteiger partial charge is 0.325 e. The van der Waals surface area contributed by atoms with Crippen LogP contribution in [-0.2, 0) is 14.4 Å². The van der Waals surface area contributed by atoms with Gasteiger partial charge in [-0.3, -0.25) is 34.2 Å². The summed E-state index contributed by atoms with van der Waals surface area (Å²) in [4.78, 5) is 61.9. The quantitative estimate of drug-likeness (QED) is 0.455. The molecule has 0 bridgehead atoms. The summed E-state index contributed by atoms with van der Waals surface area (Å²) in [6.07, 6.45) is 6.43. The number of benzene rings is 1. The van der Waals surface area contributed by atoms with Crippen LogP contribution in [0.1, 0.15) is 52.8 Å². The second-order valence-electron chi connectivity index (χ2n) is 6.28. The monoisotopic (exact) mass is 367 g/mol. The van der Waals surface area contributed by atoms with Crippen LogP contribution >= 0.6 is 0 Å². The molecule has 2 N–H and O–H groups in total. The first-order valence-electron chi connectivity index (χ1n) is 8.52. The Morgan fingerprint density at radius 2 is 2.04 bits per heavy atom. The highest BCUT2D eigenvalue weighted by molar-refractivity contribution is 6.26. The SMILES string of the molecule is C#CCCCC(=O)Nc1cccc2c1C(=O)N(C1CCC(=O)NC1=O)C2=O. The minimum Gasteiger partial charge on any atom is -0.325 e. The molecule has 8 heteroatoms. The average molecular weight is 367 g/mol. The highest BCUT2D eigenvalue weighted by Gasteiger charge is 2.45. The van der Waals surface area contributed by atoms with Crippen LogP contribution in [-0.4, -0.2) is 40.5 Å². The van der Waals surface area contributed by atoms with Gasteiger partial charge in [-0.15, -0.1) is 12.3 Å². The van der Waals surface area contributed by atoms with Crippen molar-refractivity contribution in [3.8, 4) is 12.3 Å². The maximum atomic E-state index is 12.9. The molecular weight excluding hydrogens is 350 g/mol. The highest BCUT2D eigenvalue weighted by atomic mass is 16.2. The molecule has 1 saturated heterocycles.